The summed E-state index contributed by atoms with van der Waals surface area (Å²) in [4.78, 5) is 38.4. The van der Waals surface area contributed by atoms with Crippen LogP contribution >= 0.6 is 0 Å². The molecule has 0 saturated heterocycles. The van der Waals surface area contributed by atoms with E-state index >= 15 is 0 Å². The zero-order valence-corrected chi connectivity index (χ0v) is 51.1. The Morgan fingerprint density at radius 3 is 0.772 bits per heavy atom. The van der Waals surface area contributed by atoms with Gasteiger partial charge in [0.15, 0.2) is 6.10 Å². The first-order valence-electron chi connectivity index (χ1n) is 32.3. The number of esters is 3. The van der Waals surface area contributed by atoms with Gasteiger partial charge in [-0.25, -0.2) is 0 Å². The van der Waals surface area contributed by atoms with Crippen molar-refractivity contribution >= 4 is 17.9 Å². The van der Waals surface area contributed by atoms with Gasteiger partial charge >= 0.3 is 17.9 Å². The lowest BCUT2D eigenvalue weighted by Crippen LogP contribution is -2.30. The minimum absolute atomic E-state index is 0.0995. The summed E-state index contributed by atoms with van der Waals surface area (Å²) >= 11 is 0. The van der Waals surface area contributed by atoms with Crippen molar-refractivity contribution in [1.29, 1.82) is 0 Å². The molecule has 0 saturated carbocycles. The van der Waals surface area contributed by atoms with Crippen LogP contribution in [0.1, 0.15) is 278 Å². The molecule has 0 aromatic carbocycles. The maximum absolute atomic E-state index is 12.9. The molecule has 0 fully saturated rings. The van der Waals surface area contributed by atoms with E-state index in [2.05, 4.69) is 167 Å². The largest absolute Gasteiger partial charge is 0.462 e. The van der Waals surface area contributed by atoms with E-state index in [4.69, 9.17) is 14.2 Å². The van der Waals surface area contributed by atoms with Crippen molar-refractivity contribution in [2.24, 2.45) is 0 Å². The first-order valence-corrected chi connectivity index (χ1v) is 32.3. The third-order valence-electron chi connectivity index (χ3n) is 13.3. The van der Waals surface area contributed by atoms with Crippen LogP contribution in [-0.2, 0) is 28.6 Å². The smallest absolute Gasteiger partial charge is 0.306 e. The first-order chi connectivity index (χ1) is 39.0. The van der Waals surface area contributed by atoms with E-state index in [0.29, 0.717) is 19.3 Å². The van der Waals surface area contributed by atoms with Crippen LogP contribution in [0.5, 0.6) is 0 Å². The van der Waals surface area contributed by atoms with Crippen molar-refractivity contribution in [3.05, 3.63) is 146 Å². The highest BCUT2D eigenvalue weighted by Gasteiger charge is 2.19. The molecule has 6 heteroatoms. The Morgan fingerprint density at radius 2 is 0.494 bits per heavy atom. The molecule has 0 aliphatic heterocycles. The molecular formula is C73H118O6. The molecule has 0 aromatic heterocycles. The molecule has 0 spiro atoms. The topological polar surface area (TPSA) is 78.9 Å². The summed E-state index contributed by atoms with van der Waals surface area (Å²) in [5, 5.41) is 0. The average molecular weight is 1090 g/mol. The van der Waals surface area contributed by atoms with Gasteiger partial charge in [-0.1, -0.05) is 263 Å². The zero-order chi connectivity index (χ0) is 57.1. The van der Waals surface area contributed by atoms with E-state index in [1.54, 1.807) is 0 Å². The second kappa shape index (κ2) is 65.8. The fourth-order valence-electron chi connectivity index (χ4n) is 8.53. The first kappa shape index (κ1) is 74.3. The number of hydrogen-bond acceptors (Lipinski definition) is 6. The van der Waals surface area contributed by atoms with Crippen LogP contribution in [0, 0.1) is 0 Å². The third kappa shape index (κ3) is 64.0. The Labute approximate surface area is 487 Å². The van der Waals surface area contributed by atoms with Crippen molar-refractivity contribution in [1.82, 2.24) is 0 Å². The maximum atomic E-state index is 12.9. The fraction of sp³-hybridized carbons (Fsp3) is 0.630. The number of rotatable bonds is 57. The average Bonchev–Trinajstić information content (AvgIpc) is 3.45. The van der Waals surface area contributed by atoms with Crippen molar-refractivity contribution < 1.29 is 28.6 Å². The third-order valence-corrected chi connectivity index (χ3v) is 13.3. The van der Waals surface area contributed by atoms with Gasteiger partial charge in [-0.2, -0.15) is 0 Å². The molecule has 0 radical (unpaired) electrons. The predicted molar refractivity (Wildman–Crippen MR) is 343 cm³/mol. The molecule has 0 aliphatic carbocycles. The Bertz CT molecular complexity index is 1730. The zero-order valence-electron chi connectivity index (χ0n) is 51.1. The Morgan fingerprint density at radius 1 is 0.266 bits per heavy atom. The maximum Gasteiger partial charge on any atom is 0.306 e. The van der Waals surface area contributed by atoms with Gasteiger partial charge in [0.25, 0.3) is 0 Å². The van der Waals surface area contributed by atoms with Crippen LogP contribution in [0.2, 0.25) is 0 Å². The Hall–Kier alpha value is -4.71. The lowest BCUT2D eigenvalue weighted by atomic mass is 10.1. The molecule has 0 bridgehead atoms. The number of carbonyl (C=O) groups excluding carboxylic acids is 3. The summed E-state index contributed by atoms with van der Waals surface area (Å²) in [5.41, 5.74) is 0. The van der Waals surface area contributed by atoms with Gasteiger partial charge in [0, 0.05) is 19.3 Å². The van der Waals surface area contributed by atoms with E-state index in [1.165, 1.54) is 83.5 Å². The van der Waals surface area contributed by atoms with Gasteiger partial charge < -0.3 is 14.2 Å². The van der Waals surface area contributed by atoms with E-state index in [0.717, 1.165) is 154 Å². The van der Waals surface area contributed by atoms with E-state index in [-0.39, 0.29) is 31.1 Å². The molecule has 1 atom stereocenters. The summed E-state index contributed by atoms with van der Waals surface area (Å²) < 4.78 is 16.9. The van der Waals surface area contributed by atoms with Gasteiger partial charge in [0.2, 0.25) is 0 Å². The molecule has 0 aliphatic rings. The van der Waals surface area contributed by atoms with E-state index < -0.39 is 6.10 Å². The van der Waals surface area contributed by atoms with Crippen LogP contribution in [-0.4, -0.2) is 37.2 Å². The highest BCUT2D eigenvalue weighted by atomic mass is 16.6. The van der Waals surface area contributed by atoms with Crippen LogP contribution in [0.15, 0.2) is 146 Å². The molecular weight excluding hydrogens is 973 g/mol. The molecule has 0 amide bonds. The SMILES string of the molecule is CC/C=C\C/C=C\C/C=C\C/C=C\C/C=C\C/C=C\CCCCCCC(=O)OCC(COC(=O)CCCCCCCCCCC/C=C\C/C=C\CCCCC)OC(=O)CCCCCCCC/C=C\C/C=C\C/C=C\C/C=C\CC. The molecule has 446 valence electrons. The molecule has 0 heterocycles. The normalized spacial score (nSPS) is 13.1. The van der Waals surface area contributed by atoms with Crippen molar-refractivity contribution in [2.75, 3.05) is 13.2 Å². The fourth-order valence-corrected chi connectivity index (χ4v) is 8.53. The monoisotopic (exact) mass is 1090 g/mol. The molecule has 1 unspecified atom stereocenters. The lowest BCUT2D eigenvalue weighted by Gasteiger charge is -2.18. The highest BCUT2D eigenvalue weighted by Crippen LogP contribution is 2.15. The minimum Gasteiger partial charge on any atom is -0.462 e. The number of allylic oxidation sites excluding steroid dienone is 24. The summed E-state index contributed by atoms with van der Waals surface area (Å²) in [6.07, 6.45) is 94.1. The molecule has 6 nitrogen and oxygen atoms in total. The van der Waals surface area contributed by atoms with Crippen LogP contribution in [0.25, 0.3) is 0 Å². The second-order valence-electron chi connectivity index (χ2n) is 20.9. The van der Waals surface area contributed by atoms with Gasteiger partial charge in [-0.05, 0) is 141 Å². The van der Waals surface area contributed by atoms with Crippen LogP contribution in [0.3, 0.4) is 0 Å². The number of carbonyl (C=O) groups is 3. The second-order valence-corrected chi connectivity index (χ2v) is 20.9. The van der Waals surface area contributed by atoms with Crippen LogP contribution < -0.4 is 0 Å². The van der Waals surface area contributed by atoms with E-state index in [1.807, 2.05) is 0 Å². The van der Waals surface area contributed by atoms with Crippen molar-refractivity contribution in [3.8, 4) is 0 Å². The summed E-state index contributed by atoms with van der Waals surface area (Å²) in [6.45, 7) is 6.36. The number of ether oxygens (including phenoxy) is 3. The highest BCUT2D eigenvalue weighted by molar-refractivity contribution is 5.71. The van der Waals surface area contributed by atoms with Gasteiger partial charge in [0.1, 0.15) is 13.2 Å². The molecule has 79 heavy (non-hydrogen) atoms. The van der Waals surface area contributed by atoms with Crippen LogP contribution in [0.4, 0.5) is 0 Å². The summed E-state index contributed by atoms with van der Waals surface area (Å²) in [7, 11) is 0. The lowest BCUT2D eigenvalue weighted by molar-refractivity contribution is -0.167. The number of unbranched alkanes of at least 4 members (excludes halogenated alkanes) is 22. The van der Waals surface area contributed by atoms with Gasteiger partial charge in [0.05, 0.1) is 0 Å². The Kier molecular flexibility index (Phi) is 61.9. The Balaban J connectivity index is 4.50. The van der Waals surface area contributed by atoms with E-state index in [9.17, 15) is 14.4 Å². The minimum atomic E-state index is -0.807. The quantitative estimate of drug-likeness (QED) is 0.0261. The van der Waals surface area contributed by atoms with Gasteiger partial charge in [-0.15, -0.1) is 0 Å². The molecule has 0 N–H and O–H groups in total. The molecule has 0 aromatic rings. The summed E-state index contributed by atoms with van der Waals surface area (Å²) in [6, 6.07) is 0. The standard InChI is InChI=1S/C73H118O6/c1-4-7-10-13-16-19-22-25-28-31-34-35-36-37-40-42-45-48-51-54-57-60-63-66-72(75)78-69-70(79-73(76)67-64-61-58-55-52-49-46-43-39-33-30-27-24-21-18-15-12-9-6-3)68-77-71(74)65-62-59-56-53-50-47-44-41-38-32-29-26-23-20-17-14-11-8-5-2/h7,9-10,12,16-21,25-30,34-35,37,39-40,43,45,48,70H,4-6,8,11,13-15,22-24,31-33,36,38,41-42,44,46-47,49-69H2,1-3H3/b10-7-,12-9-,19-16-,20-17-,21-18-,28-25-,29-26-,30-27-,35-34-,40-37-,43-39-,48-45-. The summed E-state index contributed by atoms with van der Waals surface area (Å²) in [5.74, 6) is -0.942. The predicted octanol–water partition coefficient (Wildman–Crippen LogP) is 22.3. The van der Waals surface area contributed by atoms with Crippen molar-refractivity contribution in [2.45, 2.75) is 284 Å². The van der Waals surface area contributed by atoms with Crippen molar-refractivity contribution in [3.63, 3.8) is 0 Å². The number of hydrogen-bond donors (Lipinski definition) is 0. The van der Waals surface area contributed by atoms with Gasteiger partial charge in [-0.3, -0.25) is 14.4 Å². The molecule has 0 rings (SSSR count).